The lowest BCUT2D eigenvalue weighted by molar-refractivity contribution is 0.103. The molecule has 0 saturated carbocycles. The molecule has 0 saturated heterocycles. The summed E-state index contributed by atoms with van der Waals surface area (Å²) in [5, 5.41) is 3.82. The first-order chi connectivity index (χ1) is 9.63. The summed E-state index contributed by atoms with van der Waals surface area (Å²) in [4.78, 5) is 12.8. The highest BCUT2D eigenvalue weighted by molar-refractivity contribution is 9.10. The van der Waals surface area contributed by atoms with Gasteiger partial charge in [-0.2, -0.15) is 0 Å². The Morgan fingerprint density at radius 1 is 1.15 bits per heavy atom. The van der Waals surface area contributed by atoms with Gasteiger partial charge in [-0.3, -0.25) is 4.79 Å². The summed E-state index contributed by atoms with van der Waals surface area (Å²) in [7, 11) is 0. The summed E-state index contributed by atoms with van der Waals surface area (Å²) in [5.74, 6) is -0.546. The summed E-state index contributed by atoms with van der Waals surface area (Å²) >= 11 is 4.66. The molecule has 0 atom stereocenters. The zero-order valence-corrected chi connectivity index (χ0v) is 12.6. The minimum Gasteiger partial charge on any atom is -0.320 e. The average Bonchev–Trinajstić information content (AvgIpc) is 2.86. The molecule has 2 aromatic carbocycles. The second-order valence-electron chi connectivity index (χ2n) is 4.23. The van der Waals surface area contributed by atoms with Crippen molar-refractivity contribution < 1.29 is 9.18 Å². The SMILES string of the molecule is O=C(Nc1ccc(F)cc1Br)c1cc2ccccc2s1. The van der Waals surface area contributed by atoms with Gasteiger partial charge < -0.3 is 5.32 Å². The largest absolute Gasteiger partial charge is 0.320 e. The first-order valence-electron chi connectivity index (χ1n) is 5.88. The molecule has 5 heteroatoms. The summed E-state index contributed by atoms with van der Waals surface area (Å²) < 4.78 is 14.6. The van der Waals surface area contributed by atoms with Crippen LogP contribution < -0.4 is 5.32 Å². The smallest absolute Gasteiger partial charge is 0.265 e. The monoisotopic (exact) mass is 349 g/mol. The number of rotatable bonds is 2. The van der Waals surface area contributed by atoms with Crippen LogP contribution in [-0.2, 0) is 0 Å². The van der Waals surface area contributed by atoms with Gasteiger partial charge in [0.05, 0.1) is 10.6 Å². The molecule has 3 aromatic rings. The first-order valence-corrected chi connectivity index (χ1v) is 7.49. The fraction of sp³-hybridized carbons (Fsp3) is 0. The van der Waals surface area contributed by atoms with Gasteiger partial charge in [-0.25, -0.2) is 4.39 Å². The van der Waals surface area contributed by atoms with Crippen molar-refractivity contribution in [2.24, 2.45) is 0 Å². The number of amides is 1. The Balaban J connectivity index is 1.89. The molecule has 2 nitrogen and oxygen atoms in total. The molecule has 0 unspecified atom stereocenters. The molecular weight excluding hydrogens is 341 g/mol. The molecule has 1 amide bonds. The molecule has 3 rings (SSSR count). The van der Waals surface area contributed by atoms with E-state index in [4.69, 9.17) is 0 Å². The minimum atomic E-state index is -0.350. The molecule has 0 aliphatic heterocycles. The Bertz CT molecular complexity index is 766. The summed E-state index contributed by atoms with van der Waals surface area (Å²) in [6.45, 7) is 0. The zero-order valence-electron chi connectivity index (χ0n) is 10.2. The Labute approximate surface area is 127 Å². The predicted molar refractivity (Wildman–Crippen MR) is 83.9 cm³/mol. The van der Waals surface area contributed by atoms with Gasteiger partial charge in [0.1, 0.15) is 5.82 Å². The number of thiophene rings is 1. The van der Waals surface area contributed by atoms with Crippen molar-refractivity contribution in [2.75, 3.05) is 5.32 Å². The van der Waals surface area contributed by atoms with E-state index in [0.717, 1.165) is 10.1 Å². The number of halogens is 2. The van der Waals surface area contributed by atoms with E-state index < -0.39 is 0 Å². The third-order valence-electron chi connectivity index (χ3n) is 2.83. The number of benzene rings is 2. The van der Waals surface area contributed by atoms with E-state index in [9.17, 15) is 9.18 Å². The fourth-order valence-electron chi connectivity index (χ4n) is 1.87. The van der Waals surface area contributed by atoms with Crippen LogP contribution in [0.5, 0.6) is 0 Å². The van der Waals surface area contributed by atoms with E-state index in [-0.39, 0.29) is 11.7 Å². The lowest BCUT2D eigenvalue weighted by Crippen LogP contribution is -2.10. The second kappa shape index (κ2) is 5.34. The van der Waals surface area contributed by atoms with Crippen LogP contribution in [0.1, 0.15) is 9.67 Å². The Morgan fingerprint density at radius 2 is 1.95 bits per heavy atom. The Hall–Kier alpha value is -1.72. The number of carbonyl (C=O) groups excluding carboxylic acids is 1. The average molecular weight is 350 g/mol. The molecule has 1 N–H and O–H groups in total. The number of nitrogens with one attached hydrogen (secondary N) is 1. The third-order valence-corrected chi connectivity index (χ3v) is 4.60. The molecule has 0 fully saturated rings. The van der Waals surface area contributed by atoms with Gasteiger partial charge in [0.2, 0.25) is 0 Å². The first kappa shape index (κ1) is 13.3. The van der Waals surface area contributed by atoms with Crippen molar-refractivity contribution in [3.8, 4) is 0 Å². The van der Waals surface area contributed by atoms with Crippen molar-refractivity contribution in [1.82, 2.24) is 0 Å². The van der Waals surface area contributed by atoms with Gasteiger partial charge >= 0.3 is 0 Å². The molecule has 0 radical (unpaired) electrons. The second-order valence-corrected chi connectivity index (χ2v) is 6.16. The number of hydrogen-bond acceptors (Lipinski definition) is 2. The van der Waals surface area contributed by atoms with Crippen LogP contribution in [-0.4, -0.2) is 5.91 Å². The fourth-order valence-corrected chi connectivity index (χ4v) is 3.28. The topological polar surface area (TPSA) is 29.1 Å². The predicted octanol–water partition coefficient (Wildman–Crippen LogP) is 5.06. The highest BCUT2D eigenvalue weighted by atomic mass is 79.9. The van der Waals surface area contributed by atoms with Gasteiger partial charge in [-0.1, -0.05) is 18.2 Å². The van der Waals surface area contributed by atoms with Crippen molar-refractivity contribution in [3.05, 3.63) is 63.7 Å². The van der Waals surface area contributed by atoms with E-state index in [1.807, 2.05) is 30.3 Å². The standard InChI is InChI=1S/C15H9BrFNOS/c16-11-8-10(17)5-6-12(11)18-15(19)14-7-9-3-1-2-4-13(9)20-14/h1-8H,(H,18,19). The third kappa shape index (κ3) is 2.59. The lowest BCUT2D eigenvalue weighted by atomic mass is 10.2. The van der Waals surface area contributed by atoms with Crippen LogP contribution in [0.15, 0.2) is 53.0 Å². The van der Waals surface area contributed by atoms with Gasteiger partial charge in [-0.05, 0) is 51.6 Å². The minimum absolute atomic E-state index is 0.196. The summed E-state index contributed by atoms with van der Waals surface area (Å²) in [6, 6.07) is 13.8. The van der Waals surface area contributed by atoms with Crippen LogP contribution in [0, 0.1) is 5.82 Å². The van der Waals surface area contributed by atoms with Gasteiger partial charge in [-0.15, -0.1) is 11.3 Å². The van der Waals surface area contributed by atoms with E-state index in [0.29, 0.717) is 15.0 Å². The van der Waals surface area contributed by atoms with E-state index in [1.54, 1.807) is 0 Å². The van der Waals surface area contributed by atoms with Crippen LogP contribution in [0.25, 0.3) is 10.1 Å². The van der Waals surface area contributed by atoms with Crippen LogP contribution in [0.4, 0.5) is 10.1 Å². The van der Waals surface area contributed by atoms with Crippen LogP contribution in [0.3, 0.4) is 0 Å². The van der Waals surface area contributed by atoms with Crippen molar-refractivity contribution in [2.45, 2.75) is 0 Å². The van der Waals surface area contributed by atoms with Crippen molar-refractivity contribution >= 4 is 48.9 Å². The summed E-state index contributed by atoms with van der Waals surface area (Å²) in [5.41, 5.74) is 0.550. The quantitative estimate of drug-likeness (QED) is 0.688. The molecule has 1 aromatic heterocycles. The molecular formula is C15H9BrFNOS. The lowest BCUT2D eigenvalue weighted by Gasteiger charge is -2.05. The highest BCUT2D eigenvalue weighted by Gasteiger charge is 2.12. The Morgan fingerprint density at radius 3 is 2.70 bits per heavy atom. The van der Waals surface area contributed by atoms with Crippen LogP contribution >= 0.6 is 27.3 Å². The molecule has 1 heterocycles. The number of fused-ring (bicyclic) bond motifs is 1. The van der Waals surface area contributed by atoms with Crippen molar-refractivity contribution in [1.29, 1.82) is 0 Å². The molecule has 100 valence electrons. The number of hydrogen-bond donors (Lipinski definition) is 1. The summed E-state index contributed by atoms with van der Waals surface area (Å²) in [6.07, 6.45) is 0. The maximum absolute atomic E-state index is 13.0. The normalized spacial score (nSPS) is 10.7. The van der Waals surface area contributed by atoms with Gasteiger partial charge in [0, 0.05) is 9.17 Å². The Kier molecular flexibility index (Phi) is 3.54. The van der Waals surface area contributed by atoms with Gasteiger partial charge in [0.15, 0.2) is 0 Å². The molecule has 0 bridgehead atoms. The number of anilines is 1. The molecule has 0 aliphatic rings. The molecule has 0 spiro atoms. The van der Waals surface area contributed by atoms with E-state index >= 15 is 0 Å². The maximum atomic E-state index is 13.0. The van der Waals surface area contributed by atoms with Crippen molar-refractivity contribution in [3.63, 3.8) is 0 Å². The zero-order chi connectivity index (χ0) is 14.1. The molecule has 20 heavy (non-hydrogen) atoms. The highest BCUT2D eigenvalue weighted by Crippen LogP contribution is 2.28. The number of carbonyl (C=O) groups is 1. The maximum Gasteiger partial charge on any atom is 0.265 e. The molecule has 0 aliphatic carbocycles. The van der Waals surface area contributed by atoms with Crippen LogP contribution in [0.2, 0.25) is 0 Å². The van der Waals surface area contributed by atoms with E-state index in [2.05, 4.69) is 21.2 Å². The van der Waals surface area contributed by atoms with Gasteiger partial charge in [0.25, 0.3) is 5.91 Å². The van der Waals surface area contributed by atoms with E-state index in [1.165, 1.54) is 29.5 Å².